The minimum absolute atomic E-state index is 0.0236. The zero-order valence-corrected chi connectivity index (χ0v) is 12.9. The number of carbonyl (C=O) groups is 2. The van der Waals surface area contributed by atoms with Crippen molar-refractivity contribution >= 4 is 27.7 Å². The molecule has 1 aliphatic rings. The molecule has 0 spiro atoms. The predicted octanol–water partition coefficient (Wildman–Crippen LogP) is 1.42. The summed E-state index contributed by atoms with van der Waals surface area (Å²) in [6.45, 7) is 1.33. The van der Waals surface area contributed by atoms with Gasteiger partial charge >= 0.3 is 0 Å². The second-order valence-electron chi connectivity index (χ2n) is 4.77. The highest BCUT2D eigenvalue weighted by molar-refractivity contribution is 9.10. The Morgan fingerprint density at radius 1 is 1.55 bits per heavy atom. The van der Waals surface area contributed by atoms with E-state index >= 15 is 0 Å². The van der Waals surface area contributed by atoms with E-state index in [1.54, 1.807) is 11.9 Å². The van der Waals surface area contributed by atoms with Crippen LogP contribution in [0, 0.1) is 5.92 Å². The number of amides is 2. The molecule has 0 bridgehead atoms. The van der Waals surface area contributed by atoms with Gasteiger partial charge in [-0.3, -0.25) is 9.59 Å². The van der Waals surface area contributed by atoms with Gasteiger partial charge in [-0.15, -0.1) is 0 Å². The maximum Gasteiger partial charge on any atom is 0.225 e. The first-order valence-corrected chi connectivity index (χ1v) is 7.25. The molecule has 1 atom stereocenters. The highest BCUT2D eigenvalue weighted by Gasteiger charge is 2.31. The number of carbonyl (C=O) groups excluding carboxylic acids is 2. The number of ether oxygens (including phenoxy) is 1. The van der Waals surface area contributed by atoms with Crippen LogP contribution in [0.3, 0.4) is 0 Å². The molecule has 0 aliphatic carbocycles. The molecular formula is C14H17BrN2O3. The monoisotopic (exact) mass is 340 g/mol. The summed E-state index contributed by atoms with van der Waals surface area (Å²) < 4.78 is 6.47. The zero-order valence-electron chi connectivity index (χ0n) is 11.3. The largest absolute Gasteiger partial charge is 0.492 e. The molecule has 0 radical (unpaired) electrons. The number of nitrogens with one attached hydrogen (secondary N) is 1. The van der Waals surface area contributed by atoms with Gasteiger partial charge in [0, 0.05) is 24.5 Å². The Kier molecular flexibility index (Phi) is 5.00. The number of likely N-dealkylation sites (tertiary alicyclic amines) is 1. The minimum Gasteiger partial charge on any atom is -0.492 e. The molecule has 0 saturated carbocycles. The standard InChI is InChI=1S/C14H17BrN2O3/c1-17-9-10(7-13(17)18)14(19)16-5-6-20-12-4-2-3-11(15)8-12/h2-4,8,10H,5-7,9H2,1H3,(H,16,19). The Hall–Kier alpha value is -1.56. The third kappa shape index (κ3) is 3.96. The average Bonchev–Trinajstić information content (AvgIpc) is 2.75. The molecule has 2 rings (SSSR count). The lowest BCUT2D eigenvalue weighted by molar-refractivity contribution is -0.128. The van der Waals surface area contributed by atoms with Gasteiger partial charge in [-0.05, 0) is 18.2 Å². The summed E-state index contributed by atoms with van der Waals surface area (Å²) >= 11 is 3.36. The van der Waals surface area contributed by atoms with Crippen molar-refractivity contribution in [1.29, 1.82) is 0 Å². The highest BCUT2D eigenvalue weighted by Crippen LogP contribution is 2.18. The van der Waals surface area contributed by atoms with Gasteiger partial charge in [-0.1, -0.05) is 22.0 Å². The van der Waals surface area contributed by atoms with Crippen LogP contribution in [0.15, 0.2) is 28.7 Å². The highest BCUT2D eigenvalue weighted by atomic mass is 79.9. The summed E-state index contributed by atoms with van der Waals surface area (Å²) in [4.78, 5) is 24.8. The van der Waals surface area contributed by atoms with Gasteiger partial charge in [0.05, 0.1) is 12.5 Å². The first-order valence-electron chi connectivity index (χ1n) is 6.46. The summed E-state index contributed by atoms with van der Waals surface area (Å²) in [5.74, 6) is 0.457. The first-order chi connectivity index (χ1) is 9.56. The van der Waals surface area contributed by atoms with Gasteiger partial charge in [0.25, 0.3) is 0 Å². The van der Waals surface area contributed by atoms with Crippen molar-refractivity contribution in [2.24, 2.45) is 5.92 Å². The molecular weight excluding hydrogens is 324 g/mol. The van der Waals surface area contributed by atoms with Gasteiger partial charge < -0.3 is 15.0 Å². The molecule has 1 N–H and O–H groups in total. The maximum atomic E-state index is 11.8. The van der Waals surface area contributed by atoms with Crippen molar-refractivity contribution < 1.29 is 14.3 Å². The van der Waals surface area contributed by atoms with Crippen LogP contribution in [0.1, 0.15) is 6.42 Å². The number of benzene rings is 1. The number of hydrogen-bond donors (Lipinski definition) is 1. The van der Waals surface area contributed by atoms with Crippen LogP contribution in [0.2, 0.25) is 0 Å². The molecule has 1 aromatic rings. The summed E-state index contributed by atoms with van der Waals surface area (Å²) in [7, 11) is 1.71. The third-order valence-electron chi connectivity index (χ3n) is 3.18. The Labute approximate surface area is 126 Å². The molecule has 5 nitrogen and oxygen atoms in total. The van der Waals surface area contributed by atoms with Crippen LogP contribution < -0.4 is 10.1 Å². The number of halogens is 1. The molecule has 1 saturated heterocycles. The molecule has 0 aromatic heterocycles. The second-order valence-corrected chi connectivity index (χ2v) is 5.69. The molecule has 108 valence electrons. The molecule has 2 amide bonds. The van der Waals surface area contributed by atoms with Gasteiger partial charge in [-0.25, -0.2) is 0 Å². The van der Waals surface area contributed by atoms with Crippen molar-refractivity contribution in [3.63, 3.8) is 0 Å². The Bertz CT molecular complexity index is 507. The van der Waals surface area contributed by atoms with Crippen molar-refractivity contribution in [3.05, 3.63) is 28.7 Å². The van der Waals surface area contributed by atoms with E-state index in [0.29, 0.717) is 26.1 Å². The topological polar surface area (TPSA) is 58.6 Å². The summed E-state index contributed by atoms with van der Waals surface area (Å²) in [6.07, 6.45) is 0.300. The lowest BCUT2D eigenvalue weighted by atomic mass is 10.1. The summed E-state index contributed by atoms with van der Waals surface area (Å²) in [6, 6.07) is 7.53. The lowest BCUT2D eigenvalue weighted by Crippen LogP contribution is -2.34. The maximum absolute atomic E-state index is 11.8. The van der Waals surface area contributed by atoms with Crippen LogP contribution in [0.5, 0.6) is 5.75 Å². The van der Waals surface area contributed by atoms with Crippen LogP contribution in [-0.4, -0.2) is 43.5 Å². The Morgan fingerprint density at radius 3 is 3.00 bits per heavy atom. The number of rotatable bonds is 5. The minimum atomic E-state index is -0.238. The summed E-state index contributed by atoms with van der Waals surface area (Å²) in [5, 5.41) is 2.80. The SMILES string of the molecule is CN1CC(C(=O)NCCOc2cccc(Br)c2)CC1=O. The van der Waals surface area contributed by atoms with Crippen LogP contribution >= 0.6 is 15.9 Å². The Morgan fingerprint density at radius 2 is 2.35 bits per heavy atom. The van der Waals surface area contributed by atoms with E-state index in [4.69, 9.17) is 4.74 Å². The van der Waals surface area contributed by atoms with E-state index in [1.165, 1.54) is 0 Å². The van der Waals surface area contributed by atoms with Crippen molar-refractivity contribution in [1.82, 2.24) is 10.2 Å². The normalized spacial score (nSPS) is 18.2. The van der Waals surface area contributed by atoms with E-state index in [0.717, 1.165) is 10.2 Å². The fraction of sp³-hybridized carbons (Fsp3) is 0.429. The van der Waals surface area contributed by atoms with E-state index in [1.807, 2.05) is 24.3 Å². The molecule has 1 heterocycles. The molecule has 1 aliphatic heterocycles. The first kappa shape index (κ1) is 14.8. The van der Waals surface area contributed by atoms with Crippen LogP contribution in [0.4, 0.5) is 0 Å². The van der Waals surface area contributed by atoms with Crippen LogP contribution in [-0.2, 0) is 9.59 Å². The number of hydrogen-bond acceptors (Lipinski definition) is 3. The lowest BCUT2D eigenvalue weighted by Gasteiger charge is -2.11. The van der Waals surface area contributed by atoms with Crippen molar-refractivity contribution in [2.45, 2.75) is 6.42 Å². The van der Waals surface area contributed by atoms with Crippen molar-refractivity contribution in [2.75, 3.05) is 26.7 Å². The molecule has 1 aromatic carbocycles. The smallest absolute Gasteiger partial charge is 0.225 e. The van der Waals surface area contributed by atoms with Gasteiger partial charge in [0.1, 0.15) is 12.4 Å². The molecule has 1 unspecified atom stereocenters. The van der Waals surface area contributed by atoms with Gasteiger partial charge in [0.15, 0.2) is 0 Å². The van der Waals surface area contributed by atoms with Crippen molar-refractivity contribution in [3.8, 4) is 5.75 Å². The fourth-order valence-electron chi connectivity index (χ4n) is 2.08. The zero-order chi connectivity index (χ0) is 14.5. The van der Waals surface area contributed by atoms with E-state index < -0.39 is 0 Å². The molecule has 1 fully saturated rings. The molecule has 6 heteroatoms. The number of nitrogens with zero attached hydrogens (tertiary/aromatic N) is 1. The second kappa shape index (κ2) is 6.74. The quantitative estimate of drug-likeness (QED) is 0.825. The average molecular weight is 341 g/mol. The third-order valence-corrected chi connectivity index (χ3v) is 3.67. The van der Waals surface area contributed by atoms with E-state index in [9.17, 15) is 9.59 Å². The predicted molar refractivity (Wildman–Crippen MR) is 78.4 cm³/mol. The summed E-state index contributed by atoms with van der Waals surface area (Å²) in [5.41, 5.74) is 0. The van der Waals surface area contributed by atoms with E-state index in [-0.39, 0.29) is 17.7 Å². The van der Waals surface area contributed by atoms with Gasteiger partial charge in [0.2, 0.25) is 11.8 Å². The fourth-order valence-corrected chi connectivity index (χ4v) is 2.46. The Balaban J connectivity index is 1.68. The van der Waals surface area contributed by atoms with Crippen LogP contribution in [0.25, 0.3) is 0 Å². The van der Waals surface area contributed by atoms with E-state index in [2.05, 4.69) is 21.2 Å². The van der Waals surface area contributed by atoms with Gasteiger partial charge in [-0.2, -0.15) is 0 Å². The molecule has 20 heavy (non-hydrogen) atoms.